The van der Waals surface area contributed by atoms with E-state index >= 15 is 0 Å². The van der Waals surface area contributed by atoms with Gasteiger partial charge in [-0.25, -0.2) is 9.07 Å². The van der Waals surface area contributed by atoms with Crippen LogP contribution in [0.4, 0.5) is 10.1 Å². The highest BCUT2D eigenvalue weighted by molar-refractivity contribution is 6.32. The van der Waals surface area contributed by atoms with Crippen LogP contribution >= 0.6 is 11.6 Å². The zero-order valence-corrected chi connectivity index (χ0v) is 10.8. The third kappa shape index (κ3) is 2.41. The Hall–Kier alpha value is -1.75. The maximum absolute atomic E-state index is 12.9. The Kier molecular flexibility index (Phi) is 3.43. The molecule has 1 aromatic carbocycles. The molecule has 6 heteroatoms. The van der Waals surface area contributed by atoms with Gasteiger partial charge in [0.05, 0.1) is 22.1 Å². The summed E-state index contributed by atoms with van der Waals surface area (Å²) in [7, 11) is 0. The van der Waals surface area contributed by atoms with Crippen molar-refractivity contribution in [3.8, 4) is 5.75 Å². The summed E-state index contributed by atoms with van der Waals surface area (Å²) in [5.74, 6) is 0.00639. The molecule has 0 spiro atoms. The number of aromatic nitrogens is 2. The van der Waals surface area contributed by atoms with Gasteiger partial charge in [0, 0.05) is 0 Å². The highest BCUT2D eigenvalue weighted by Gasteiger charge is 2.09. The zero-order chi connectivity index (χ0) is 13.3. The van der Waals surface area contributed by atoms with Crippen molar-refractivity contribution in [2.45, 2.75) is 20.6 Å². The summed E-state index contributed by atoms with van der Waals surface area (Å²) in [5.41, 5.74) is 8.03. The number of hydrogen-bond acceptors (Lipinski definition) is 3. The van der Waals surface area contributed by atoms with E-state index < -0.39 is 5.82 Å². The average molecular weight is 270 g/mol. The molecule has 0 aliphatic carbocycles. The van der Waals surface area contributed by atoms with Gasteiger partial charge in [0.25, 0.3) is 0 Å². The van der Waals surface area contributed by atoms with E-state index in [0.717, 1.165) is 11.4 Å². The molecule has 18 heavy (non-hydrogen) atoms. The van der Waals surface area contributed by atoms with Crippen molar-refractivity contribution in [3.63, 3.8) is 0 Å². The molecule has 96 valence electrons. The topological polar surface area (TPSA) is 53.1 Å². The van der Waals surface area contributed by atoms with Crippen LogP contribution in [-0.2, 0) is 6.73 Å². The highest BCUT2D eigenvalue weighted by atomic mass is 35.5. The van der Waals surface area contributed by atoms with Crippen molar-refractivity contribution in [1.29, 1.82) is 0 Å². The Balaban J connectivity index is 2.14. The van der Waals surface area contributed by atoms with E-state index in [2.05, 4.69) is 5.10 Å². The van der Waals surface area contributed by atoms with Crippen LogP contribution in [0.1, 0.15) is 11.4 Å². The van der Waals surface area contributed by atoms with E-state index in [4.69, 9.17) is 22.1 Å². The third-order valence-corrected chi connectivity index (χ3v) is 2.97. The Morgan fingerprint density at radius 2 is 2.17 bits per heavy atom. The first kappa shape index (κ1) is 12.7. The van der Waals surface area contributed by atoms with E-state index in [1.54, 1.807) is 4.68 Å². The second-order valence-corrected chi connectivity index (χ2v) is 4.34. The number of benzene rings is 1. The zero-order valence-electron chi connectivity index (χ0n) is 10.1. The van der Waals surface area contributed by atoms with Gasteiger partial charge in [-0.2, -0.15) is 5.10 Å². The standard InChI is InChI=1S/C12H13ClFN3O/c1-7-12(15)8(2)17(16-7)6-18-11-4-3-9(14)5-10(11)13/h3-5H,6,15H2,1-2H3. The fraction of sp³-hybridized carbons (Fsp3) is 0.250. The minimum absolute atomic E-state index is 0.176. The quantitative estimate of drug-likeness (QED) is 0.932. The molecule has 0 atom stereocenters. The lowest BCUT2D eigenvalue weighted by molar-refractivity contribution is 0.218. The number of nitrogen functional groups attached to an aromatic ring is 1. The highest BCUT2D eigenvalue weighted by Crippen LogP contribution is 2.25. The number of ether oxygens (including phenoxy) is 1. The lowest BCUT2D eigenvalue weighted by Gasteiger charge is -2.09. The summed E-state index contributed by atoms with van der Waals surface area (Å²) in [6.45, 7) is 3.85. The monoisotopic (exact) mass is 269 g/mol. The van der Waals surface area contributed by atoms with Crippen LogP contribution in [0.15, 0.2) is 18.2 Å². The van der Waals surface area contributed by atoms with Crippen LogP contribution in [0.2, 0.25) is 5.02 Å². The molecule has 0 saturated carbocycles. The fourth-order valence-electron chi connectivity index (χ4n) is 1.56. The van der Waals surface area contributed by atoms with Crippen molar-refractivity contribution in [2.24, 2.45) is 0 Å². The lowest BCUT2D eigenvalue weighted by Crippen LogP contribution is -2.09. The first-order valence-electron chi connectivity index (χ1n) is 5.36. The molecule has 0 amide bonds. The molecule has 0 radical (unpaired) electrons. The summed E-state index contributed by atoms with van der Waals surface area (Å²) < 4.78 is 20.0. The molecular formula is C12H13ClFN3O. The van der Waals surface area contributed by atoms with Gasteiger partial charge in [-0.05, 0) is 32.0 Å². The number of halogens is 2. The molecule has 0 bridgehead atoms. The van der Waals surface area contributed by atoms with E-state index in [9.17, 15) is 4.39 Å². The minimum Gasteiger partial charge on any atom is -0.470 e. The summed E-state index contributed by atoms with van der Waals surface area (Å²) in [6.07, 6.45) is 0. The number of aryl methyl sites for hydroxylation is 1. The van der Waals surface area contributed by atoms with Gasteiger partial charge in [0.1, 0.15) is 11.6 Å². The molecule has 0 aliphatic rings. The molecule has 0 saturated heterocycles. The normalized spacial score (nSPS) is 10.7. The number of anilines is 1. The van der Waals surface area contributed by atoms with Crippen molar-refractivity contribution in [2.75, 3.05) is 5.73 Å². The molecule has 2 rings (SSSR count). The van der Waals surface area contributed by atoms with E-state index in [1.807, 2.05) is 13.8 Å². The van der Waals surface area contributed by atoms with Gasteiger partial charge in [0.2, 0.25) is 0 Å². The van der Waals surface area contributed by atoms with Gasteiger partial charge >= 0.3 is 0 Å². The van der Waals surface area contributed by atoms with Crippen molar-refractivity contribution in [3.05, 3.63) is 40.4 Å². The molecule has 0 aliphatic heterocycles. The van der Waals surface area contributed by atoms with Gasteiger partial charge in [-0.15, -0.1) is 0 Å². The molecule has 4 nitrogen and oxygen atoms in total. The van der Waals surface area contributed by atoms with Crippen molar-refractivity contribution in [1.82, 2.24) is 9.78 Å². The van der Waals surface area contributed by atoms with Crippen LogP contribution in [0, 0.1) is 19.7 Å². The smallest absolute Gasteiger partial charge is 0.181 e. The number of nitrogens with zero attached hydrogens (tertiary/aromatic N) is 2. The second-order valence-electron chi connectivity index (χ2n) is 3.93. The lowest BCUT2D eigenvalue weighted by atomic mass is 10.3. The van der Waals surface area contributed by atoms with Gasteiger partial charge in [-0.3, -0.25) is 0 Å². The fourth-order valence-corrected chi connectivity index (χ4v) is 1.78. The van der Waals surface area contributed by atoms with Gasteiger partial charge < -0.3 is 10.5 Å². The second kappa shape index (κ2) is 4.86. The summed E-state index contributed by atoms with van der Waals surface area (Å²) in [4.78, 5) is 0. The molecule has 1 aromatic heterocycles. The summed E-state index contributed by atoms with van der Waals surface area (Å²) >= 11 is 5.85. The van der Waals surface area contributed by atoms with Crippen LogP contribution in [0.25, 0.3) is 0 Å². The Labute approximate surface area is 109 Å². The van der Waals surface area contributed by atoms with E-state index in [1.165, 1.54) is 18.2 Å². The van der Waals surface area contributed by atoms with Gasteiger partial charge in [-0.1, -0.05) is 11.6 Å². The van der Waals surface area contributed by atoms with Crippen LogP contribution < -0.4 is 10.5 Å². The minimum atomic E-state index is -0.400. The van der Waals surface area contributed by atoms with Crippen LogP contribution in [0.3, 0.4) is 0 Å². The number of rotatable bonds is 3. The third-order valence-electron chi connectivity index (χ3n) is 2.67. The molecule has 0 unspecified atom stereocenters. The summed E-state index contributed by atoms with van der Waals surface area (Å²) in [5, 5.41) is 4.45. The van der Waals surface area contributed by atoms with Crippen LogP contribution in [-0.4, -0.2) is 9.78 Å². The maximum atomic E-state index is 12.9. The van der Waals surface area contributed by atoms with Crippen molar-refractivity contribution < 1.29 is 9.13 Å². The molecular weight excluding hydrogens is 257 g/mol. The Bertz CT molecular complexity index is 583. The predicted molar refractivity (Wildman–Crippen MR) is 68.2 cm³/mol. The first-order chi connectivity index (χ1) is 8.49. The van der Waals surface area contributed by atoms with Crippen LogP contribution in [0.5, 0.6) is 5.75 Å². The SMILES string of the molecule is Cc1nn(COc2ccc(F)cc2Cl)c(C)c1N. The molecule has 2 aromatic rings. The van der Waals surface area contributed by atoms with Gasteiger partial charge in [0.15, 0.2) is 6.73 Å². The Morgan fingerprint density at radius 1 is 1.44 bits per heavy atom. The molecule has 1 heterocycles. The molecule has 0 fully saturated rings. The van der Waals surface area contributed by atoms with E-state index in [0.29, 0.717) is 11.4 Å². The summed E-state index contributed by atoms with van der Waals surface area (Å²) in [6, 6.07) is 3.97. The largest absolute Gasteiger partial charge is 0.470 e. The van der Waals surface area contributed by atoms with E-state index in [-0.39, 0.29) is 11.8 Å². The average Bonchev–Trinajstić information content (AvgIpc) is 2.56. The maximum Gasteiger partial charge on any atom is 0.181 e. The number of hydrogen-bond donors (Lipinski definition) is 1. The number of nitrogens with two attached hydrogens (primary N) is 1. The Morgan fingerprint density at radius 3 is 2.72 bits per heavy atom. The predicted octanol–water partition coefficient (Wildman–Crippen LogP) is 2.91. The molecule has 2 N–H and O–H groups in total. The van der Waals surface area contributed by atoms with Crippen molar-refractivity contribution >= 4 is 17.3 Å². The first-order valence-corrected chi connectivity index (χ1v) is 5.74.